The molecule has 0 saturated heterocycles. The molecule has 2 rings (SSSR count). The molecule has 0 fully saturated rings. The molecule has 18 heavy (non-hydrogen) atoms. The van der Waals surface area contributed by atoms with Crippen LogP contribution in [0, 0.1) is 0 Å². The van der Waals surface area contributed by atoms with Crippen LogP contribution in [-0.2, 0) is 0 Å². The Labute approximate surface area is 104 Å². The number of amides is 1. The molecule has 0 unspecified atom stereocenters. The third-order valence-corrected chi connectivity index (χ3v) is 2.53. The molecular weight excluding hydrogens is 232 g/mol. The highest BCUT2D eigenvalue weighted by atomic mass is 16.5. The normalized spacial score (nSPS) is 10.3. The maximum Gasteiger partial charge on any atom is 0.269 e. The molecule has 0 radical (unpaired) electrons. The van der Waals surface area contributed by atoms with Crippen LogP contribution in [-0.4, -0.2) is 36.3 Å². The number of hydrogen-bond acceptors (Lipinski definition) is 4. The van der Waals surface area contributed by atoms with Gasteiger partial charge in [0, 0.05) is 11.9 Å². The molecule has 1 aromatic heterocycles. The largest absolute Gasteiger partial charge is 0.497 e. The SMILES string of the molecule is COc1ccc2nc(C(=O)NCCO)ccc2c1. The van der Waals surface area contributed by atoms with Crippen molar-refractivity contribution in [1.82, 2.24) is 10.3 Å². The van der Waals surface area contributed by atoms with Crippen molar-refractivity contribution in [2.45, 2.75) is 0 Å². The van der Waals surface area contributed by atoms with Crippen LogP contribution in [0.2, 0.25) is 0 Å². The van der Waals surface area contributed by atoms with E-state index < -0.39 is 0 Å². The molecule has 0 saturated carbocycles. The Morgan fingerprint density at radius 2 is 2.22 bits per heavy atom. The first-order valence-electron chi connectivity index (χ1n) is 5.58. The van der Waals surface area contributed by atoms with Gasteiger partial charge in [-0.25, -0.2) is 4.98 Å². The zero-order chi connectivity index (χ0) is 13.0. The van der Waals surface area contributed by atoms with Crippen molar-refractivity contribution in [2.24, 2.45) is 0 Å². The molecule has 0 aliphatic rings. The first kappa shape index (κ1) is 12.3. The lowest BCUT2D eigenvalue weighted by molar-refractivity contribution is 0.0940. The Hall–Kier alpha value is -2.14. The number of rotatable bonds is 4. The van der Waals surface area contributed by atoms with E-state index in [2.05, 4.69) is 10.3 Å². The number of hydrogen-bond donors (Lipinski definition) is 2. The van der Waals surface area contributed by atoms with Gasteiger partial charge in [0.05, 0.1) is 19.2 Å². The minimum Gasteiger partial charge on any atom is -0.497 e. The van der Waals surface area contributed by atoms with E-state index >= 15 is 0 Å². The first-order valence-corrected chi connectivity index (χ1v) is 5.58. The number of fused-ring (bicyclic) bond motifs is 1. The molecule has 5 nitrogen and oxygen atoms in total. The van der Waals surface area contributed by atoms with Gasteiger partial charge in [0.15, 0.2) is 0 Å². The minimum atomic E-state index is -0.290. The Bertz CT molecular complexity index is 569. The maximum atomic E-state index is 11.7. The van der Waals surface area contributed by atoms with Gasteiger partial charge in [-0.15, -0.1) is 0 Å². The van der Waals surface area contributed by atoms with E-state index in [1.54, 1.807) is 25.3 Å². The molecule has 1 heterocycles. The predicted octanol–water partition coefficient (Wildman–Crippen LogP) is 0.966. The molecular formula is C13H14N2O3. The molecule has 0 bridgehead atoms. The van der Waals surface area contributed by atoms with Crippen molar-refractivity contribution in [3.63, 3.8) is 0 Å². The average molecular weight is 246 g/mol. The van der Waals surface area contributed by atoms with Crippen molar-refractivity contribution < 1.29 is 14.6 Å². The van der Waals surface area contributed by atoms with Crippen LogP contribution in [0.25, 0.3) is 10.9 Å². The summed E-state index contributed by atoms with van der Waals surface area (Å²) in [5, 5.41) is 12.1. The number of aliphatic hydroxyl groups excluding tert-OH is 1. The van der Waals surface area contributed by atoms with Crippen molar-refractivity contribution in [3.05, 3.63) is 36.0 Å². The number of aliphatic hydroxyl groups is 1. The predicted molar refractivity (Wildman–Crippen MR) is 67.7 cm³/mol. The molecule has 94 valence electrons. The molecule has 2 N–H and O–H groups in total. The summed E-state index contributed by atoms with van der Waals surface area (Å²) in [6.07, 6.45) is 0. The van der Waals surface area contributed by atoms with E-state index in [4.69, 9.17) is 9.84 Å². The molecule has 0 atom stereocenters. The number of carbonyl (C=O) groups is 1. The highest BCUT2D eigenvalue weighted by Crippen LogP contribution is 2.19. The highest BCUT2D eigenvalue weighted by Gasteiger charge is 2.07. The summed E-state index contributed by atoms with van der Waals surface area (Å²) in [4.78, 5) is 15.9. The third-order valence-electron chi connectivity index (χ3n) is 2.53. The smallest absolute Gasteiger partial charge is 0.269 e. The van der Waals surface area contributed by atoms with E-state index in [9.17, 15) is 4.79 Å². The summed E-state index contributed by atoms with van der Waals surface area (Å²) in [5.74, 6) is 0.462. The summed E-state index contributed by atoms with van der Waals surface area (Å²) in [6, 6.07) is 8.92. The highest BCUT2D eigenvalue weighted by molar-refractivity contribution is 5.95. The number of methoxy groups -OCH3 is 1. The zero-order valence-corrected chi connectivity index (χ0v) is 10.0. The number of aromatic nitrogens is 1. The summed E-state index contributed by atoms with van der Waals surface area (Å²) in [5.41, 5.74) is 1.06. The summed E-state index contributed by atoms with van der Waals surface area (Å²) >= 11 is 0. The first-order chi connectivity index (χ1) is 8.74. The van der Waals surface area contributed by atoms with Gasteiger partial charge < -0.3 is 15.2 Å². The summed E-state index contributed by atoms with van der Waals surface area (Å²) in [7, 11) is 1.60. The second kappa shape index (κ2) is 5.46. The van der Waals surface area contributed by atoms with Gasteiger partial charge in [0.1, 0.15) is 11.4 Å². The van der Waals surface area contributed by atoms with E-state index in [0.29, 0.717) is 5.69 Å². The fourth-order valence-corrected chi connectivity index (χ4v) is 1.62. The molecule has 0 aliphatic carbocycles. The Morgan fingerprint density at radius 3 is 2.94 bits per heavy atom. The number of carbonyl (C=O) groups excluding carboxylic acids is 1. The molecule has 2 aromatic rings. The van der Waals surface area contributed by atoms with E-state index in [-0.39, 0.29) is 19.1 Å². The second-order valence-electron chi connectivity index (χ2n) is 3.73. The minimum absolute atomic E-state index is 0.0868. The lowest BCUT2D eigenvalue weighted by Crippen LogP contribution is -2.27. The summed E-state index contributed by atoms with van der Waals surface area (Å²) in [6.45, 7) is 0.137. The quantitative estimate of drug-likeness (QED) is 0.843. The van der Waals surface area contributed by atoms with Gasteiger partial charge in [0.2, 0.25) is 0 Å². The topological polar surface area (TPSA) is 71.5 Å². The van der Waals surface area contributed by atoms with Crippen LogP contribution in [0.3, 0.4) is 0 Å². The molecule has 0 aliphatic heterocycles. The molecule has 1 aromatic carbocycles. The van der Waals surface area contributed by atoms with Crippen LogP contribution in [0.1, 0.15) is 10.5 Å². The Morgan fingerprint density at radius 1 is 1.39 bits per heavy atom. The van der Waals surface area contributed by atoms with E-state index in [1.165, 1.54) is 0 Å². The van der Waals surface area contributed by atoms with E-state index in [1.807, 2.05) is 12.1 Å². The standard InChI is InChI=1S/C13H14N2O3/c1-18-10-3-5-11-9(8-10)2-4-12(15-11)13(17)14-6-7-16/h2-5,8,16H,6-7H2,1H3,(H,14,17). The van der Waals surface area contributed by atoms with Gasteiger partial charge in [0.25, 0.3) is 5.91 Å². The fourth-order valence-electron chi connectivity index (χ4n) is 1.62. The van der Waals surface area contributed by atoms with Crippen molar-refractivity contribution >= 4 is 16.8 Å². The van der Waals surface area contributed by atoms with Crippen molar-refractivity contribution in [2.75, 3.05) is 20.3 Å². The number of pyridine rings is 1. The zero-order valence-electron chi connectivity index (χ0n) is 10.0. The van der Waals surface area contributed by atoms with Crippen LogP contribution in [0.15, 0.2) is 30.3 Å². The molecule has 5 heteroatoms. The lowest BCUT2D eigenvalue weighted by Gasteiger charge is -2.05. The van der Waals surface area contributed by atoms with Gasteiger partial charge in [-0.05, 0) is 24.3 Å². The van der Waals surface area contributed by atoms with Gasteiger partial charge >= 0.3 is 0 Å². The van der Waals surface area contributed by atoms with Crippen LogP contribution >= 0.6 is 0 Å². The average Bonchev–Trinajstić information content (AvgIpc) is 2.43. The Kier molecular flexibility index (Phi) is 3.74. The summed E-state index contributed by atoms with van der Waals surface area (Å²) < 4.78 is 5.12. The van der Waals surface area contributed by atoms with E-state index in [0.717, 1.165) is 16.7 Å². The maximum absolute atomic E-state index is 11.7. The fraction of sp³-hybridized carbons (Fsp3) is 0.231. The number of ether oxygens (including phenoxy) is 1. The number of benzene rings is 1. The number of nitrogens with zero attached hydrogens (tertiary/aromatic N) is 1. The number of nitrogens with one attached hydrogen (secondary N) is 1. The van der Waals surface area contributed by atoms with Gasteiger partial charge in [-0.1, -0.05) is 6.07 Å². The van der Waals surface area contributed by atoms with Crippen molar-refractivity contribution in [3.8, 4) is 5.75 Å². The Balaban J connectivity index is 2.30. The van der Waals surface area contributed by atoms with Gasteiger partial charge in [-0.2, -0.15) is 0 Å². The third kappa shape index (κ3) is 2.57. The molecule has 1 amide bonds. The van der Waals surface area contributed by atoms with Crippen LogP contribution in [0.4, 0.5) is 0 Å². The van der Waals surface area contributed by atoms with Crippen LogP contribution in [0.5, 0.6) is 5.75 Å². The van der Waals surface area contributed by atoms with Crippen molar-refractivity contribution in [1.29, 1.82) is 0 Å². The second-order valence-corrected chi connectivity index (χ2v) is 3.73. The van der Waals surface area contributed by atoms with Gasteiger partial charge in [-0.3, -0.25) is 4.79 Å². The van der Waals surface area contributed by atoms with Crippen LogP contribution < -0.4 is 10.1 Å². The molecule has 0 spiro atoms. The lowest BCUT2D eigenvalue weighted by atomic mass is 10.2. The monoisotopic (exact) mass is 246 g/mol.